The number of hydrogen-bond acceptors (Lipinski definition) is 0. The Morgan fingerprint density at radius 1 is 0.0922 bits per heavy atom. The summed E-state index contributed by atoms with van der Waals surface area (Å²) in [6.07, 6.45) is 144. The van der Waals surface area contributed by atoms with Gasteiger partial charge in [-0.05, 0) is 130 Å². The van der Waals surface area contributed by atoms with Crippen LogP contribution in [0.1, 0.15) is 775 Å². The van der Waals surface area contributed by atoms with Gasteiger partial charge in [0.2, 0.25) is 0 Å². The predicted molar refractivity (Wildman–Crippen MR) is 649 cm³/mol. The van der Waals surface area contributed by atoms with E-state index in [-0.39, 0.29) is 0 Å². The molecule has 11 fully saturated rings. The minimum atomic E-state index is 1.02. The second-order valence-electron chi connectivity index (χ2n) is 53.0. The lowest BCUT2D eigenvalue weighted by Crippen LogP contribution is -2.14. The van der Waals surface area contributed by atoms with Crippen LogP contribution in [0.25, 0.3) is 0 Å². The first-order chi connectivity index (χ1) is 68.8. The van der Waals surface area contributed by atoms with Crippen molar-refractivity contribution in [3.63, 3.8) is 0 Å². The summed E-state index contributed by atoms with van der Waals surface area (Å²) in [4.78, 5) is 0. The van der Waals surface area contributed by atoms with E-state index in [4.69, 9.17) is 0 Å². The Hall–Kier alpha value is 0. The molecule has 0 bridgehead atoms. The van der Waals surface area contributed by atoms with E-state index >= 15 is 0 Å². The normalized spacial score (nSPS) is 29.3. The lowest BCUT2D eigenvalue weighted by molar-refractivity contribution is 0.247. The molecule has 0 spiro atoms. The summed E-state index contributed by atoms with van der Waals surface area (Å²) in [7, 11) is 0. The maximum atomic E-state index is 2.41. The van der Waals surface area contributed by atoms with E-state index in [1.54, 1.807) is 12.8 Å². The van der Waals surface area contributed by atoms with Crippen molar-refractivity contribution < 1.29 is 0 Å². The quantitative estimate of drug-likeness (QED) is 0.0533. The average Bonchev–Trinajstić information content (AvgIpc) is 0.933. The molecular formula is C141H282. The third kappa shape index (κ3) is 82.3. The highest BCUT2D eigenvalue weighted by atomic mass is 14.3. The summed E-state index contributed by atoms with van der Waals surface area (Å²) in [6, 6.07) is 0. The maximum absolute atomic E-state index is 2.41. The Labute approximate surface area is 899 Å². The van der Waals surface area contributed by atoms with E-state index in [9.17, 15) is 0 Å². The van der Waals surface area contributed by atoms with Crippen LogP contribution in [-0.4, -0.2) is 0 Å². The zero-order chi connectivity index (χ0) is 103. The Morgan fingerprint density at radius 2 is 0.191 bits per heavy atom. The number of hydrogen-bond donors (Lipinski definition) is 0. The molecule has 11 saturated carbocycles. The van der Waals surface area contributed by atoms with Crippen molar-refractivity contribution >= 4 is 0 Å². The van der Waals surface area contributed by atoms with Gasteiger partial charge in [0.25, 0.3) is 0 Å². The second-order valence-corrected chi connectivity index (χ2v) is 53.0. The Balaban J connectivity index is 0.000000777. The zero-order valence-electron chi connectivity index (χ0n) is 103. The van der Waals surface area contributed by atoms with Crippen LogP contribution in [0.5, 0.6) is 0 Å². The molecule has 0 aliphatic heterocycles. The highest BCUT2D eigenvalue weighted by Crippen LogP contribution is 2.43. The van der Waals surface area contributed by atoms with Gasteiger partial charge in [-0.3, -0.25) is 0 Å². The van der Waals surface area contributed by atoms with Gasteiger partial charge in [-0.1, -0.05) is 775 Å². The van der Waals surface area contributed by atoms with E-state index < -0.39 is 0 Å². The van der Waals surface area contributed by atoms with Gasteiger partial charge < -0.3 is 0 Å². The van der Waals surface area contributed by atoms with Gasteiger partial charge in [0.05, 0.1) is 0 Å². The smallest absolute Gasteiger partial charge is 0.0414 e. The van der Waals surface area contributed by atoms with Gasteiger partial charge in [-0.25, -0.2) is 0 Å². The zero-order valence-corrected chi connectivity index (χ0v) is 103. The van der Waals surface area contributed by atoms with Crippen molar-refractivity contribution in [2.75, 3.05) is 0 Å². The first kappa shape index (κ1) is 139. The lowest BCUT2D eigenvalue weighted by atomic mass is 9.78. The van der Waals surface area contributed by atoms with E-state index in [0.29, 0.717) is 0 Å². The Morgan fingerprint density at radius 3 is 0.326 bits per heavy atom. The van der Waals surface area contributed by atoms with Crippen molar-refractivity contribution in [3.8, 4) is 0 Å². The van der Waals surface area contributed by atoms with Gasteiger partial charge in [0.1, 0.15) is 0 Å². The monoisotopic (exact) mass is 1980 g/mol. The molecule has 141 heavy (non-hydrogen) atoms. The predicted octanol–water partition coefficient (Wildman–Crippen LogP) is 51.8. The molecule has 11 aliphatic rings. The van der Waals surface area contributed by atoms with Crippen molar-refractivity contribution in [1.29, 1.82) is 0 Å². The third-order valence-electron chi connectivity index (χ3n) is 39.4. The minimum absolute atomic E-state index is 1.02. The van der Waals surface area contributed by atoms with Crippen molar-refractivity contribution in [1.82, 2.24) is 0 Å². The molecular weight excluding hydrogens is 1690 g/mol. The van der Waals surface area contributed by atoms with Crippen LogP contribution >= 0.6 is 0 Å². The molecule has 0 aromatic rings. The first-order valence-electron chi connectivity index (χ1n) is 68.8. The van der Waals surface area contributed by atoms with E-state index in [1.807, 2.05) is 0 Å². The van der Waals surface area contributed by atoms with Gasteiger partial charge in [-0.2, -0.15) is 0 Å². The molecule has 0 atom stereocenters. The summed E-state index contributed by atoms with van der Waals surface area (Å²) in [5, 5.41) is 0. The SMILES string of the molecule is CCCC1CCC(C)CC1.CCCC1CCC(CC)CC1.CCCC1CCC(CCC)CC1.CCCCC1CCC(C)CC1.CCCCC1CCC(CCC)CC1.CCCCCC1CCC(C)CC1.CCCCCC1CCC(CCC)CC1.CCCCCCC1CCC(C)CC1.CCCCCCC1CCC(CCC)CC1.CCCCCCCC1CCC(C)CC1.CCCCCCCC1CCC(CCC)CC1. The fourth-order valence-corrected chi connectivity index (χ4v) is 28.5. The molecule has 846 valence electrons. The molecule has 0 unspecified atom stereocenters. The van der Waals surface area contributed by atoms with Crippen LogP contribution in [0.2, 0.25) is 0 Å². The molecule has 11 rings (SSSR count). The summed E-state index contributed by atoms with van der Waals surface area (Å²) in [5.41, 5.74) is 0. The van der Waals surface area contributed by atoms with Gasteiger partial charge in [0, 0.05) is 0 Å². The molecule has 0 aromatic heterocycles. The summed E-state index contributed by atoms with van der Waals surface area (Å²) >= 11 is 0. The van der Waals surface area contributed by atoms with Crippen LogP contribution in [0.15, 0.2) is 0 Å². The van der Waals surface area contributed by atoms with Crippen molar-refractivity contribution in [3.05, 3.63) is 0 Å². The van der Waals surface area contributed by atoms with E-state index in [0.717, 1.165) is 130 Å². The highest BCUT2D eigenvalue weighted by Gasteiger charge is 2.28. The first-order valence-corrected chi connectivity index (χ1v) is 68.8. The summed E-state index contributed by atoms with van der Waals surface area (Å²) < 4.78 is 0. The minimum Gasteiger partial charge on any atom is -0.0654 e. The van der Waals surface area contributed by atoms with Crippen LogP contribution in [0, 0.1) is 130 Å². The maximum Gasteiger partial charge on any atom is -0.0414 e. The standard InChI is InChI=1S/C16H32.C15H30.2C14H28.2C13H26.2C12H24.2C11H22.C10H20/c1-3-5-6-7-8-10-16-13-11-15(9-4-2)12-14-16;1-3-5-6-7-9-15-12-10-14(8-4-2)11-13-15;1-3-4-5-6-7-8-14-11-9-13(2)10-12-14;1-3-5-6-8-14-11-9-13(7-4-2)10-12-14;1-3-4-5-6-7-13-10-8-12(2)9-11-13;1-3-5-7-13-10-8-12(6-4-2)9-11-13;1-3-4-5-6-12-9-7-11(2)8-10-12;1-3-5-11-7-9-12(6-4-2)10-8-11;1-3-4-5-11-8-6-10(2)7-9-11;1-3-5-11-8-6-10(4-2)7-9-11;1-3-4-10-7-5-9(2)6-8-10/h15-16H,3-14H2,1-2H3;14-15H,3-13H2,1-2H3;2*13-14H,3-12H2,1-2H3;2*12-13H,3-11H2,1-2H3;2*11-12H,3-10H2,1-2H3;2*10-11H,3-9H2,1-2H3;9-10H,3-8H2,1-2H3. The van der Waals surface area contributed by atoms with E-state index in [1.165, 1.54) is 610 Å². The topological polar surface area (TPSA) is 0 Å². The molecule has 0 heteroatoms. The highest BCUT2D eigenvalue weighted by molar-refractivity contribution is 4.81. The lowest BCUT2D eigenvalue weighted by Gasteiger charge is -2.28. The average molecular weight is 1980 g/mol. The second kappa shape index (κ2) is 102. The van der Waals surface area contributed by atoms with Crippen LogP contribution in [-0.2, 0) is 0 Å². The largest absolute Gasteiger partial charge is 0.0654 e. The molecule has 11 aliphatic carbocycles. The fraction of sp³-hybridized carbons (Fsp3) is 1.00. The fourth-order valence-electron chi connectivity index (χ4n) is 28.5. The number of unbranched alkanes of at least 4 members (excludes halogenated alkanes) is 20. The Kier molecular flexibility index (Phi) is 100. The van der Waals surface area contributed by atoms with Crippen molar-refractivity contribution in [2.24, 2.45) is 130 Å². The Bertz CT molecular complexity index is 2280. The van der Waals surface area contributed by atoms with Gasteiger partial charge in [-0.15, -0.1) is 0 Å². The number of rotatable bonds is 53. The van der Waals surface area contributed by atoms with Crippen LogP contribution in [0.4, 0.5) is 0 Å². The summed E-state index contributed by atoms with van der Waals surface area (Å²) in [6.45, 7) is 51.3. The third-order valence-corrected chi connectivity index (χ3v) is 39.4. The summed E-state index contributed by atoms with van der Waals surface area (Å²) in [5.74, 6) is 23.6. The molecule has 0 aromatic carbocycles. The molecule has 0 saturated heterocycles. The van der Waals surface area contributed by atoms with Crippen LogP contribution in [0.3, 0.4) is 0 Å². The molecule has 0 radical (unpaired) electrons. The molecule has 0 amide bonds. The van der Waals surface area contributed by atoms with Crippen LogP contribution < -0.4 is 0 Å². The molecule has 0 N–H and O–H groups in total. The van der Waals surface area contributed by atoms with Gasteiger partial charge >= 0.3 is 0 Å². The molecule has 0 heterocycles. The van der Waals surface area contributed by atoms with E-state index in [2.05, 4.69) is 152 Å². The van der Waals surface area contributed by atoms with Gasteiger partial charge in [0.15, 0.2) is 0 Å². The molecule has 0 nitrogen and oxygen atoms in total. The van der Waals surface area contributed by atoms with Crippen molar-refractivity contribution in [2.45, 2.75) is 775 Å².